The molecule has 2 aromatic rings. The van der Waals surface area contributed by atoms with Crippen LogP contribution in [0.15, 0.2) is 42.6 Å². The number of pyridine rings is 1. The highest BCUT2D eigenvalue weighted by molar-refractivity contribution is 6.30. The van der Waals surface area contributed by atoms with Gasteiger partial charge in [-0.3, -0.25) is 0 Å². The summed E-state index contributed by atoms with van der Waals surface area (Å²) in [6.45, 7) is 0. The van der Waals surface area contributed by atoms with Crippen LogP contribution in [0.4, 0.5) is 11.5 Å². The van der Waals surface area contributed by atoms with E-state index in [1.54, 1.807) is 18.3 Å². The van der Waals surface area contributed by atoms with E-state index in [1.165, 1.54) is 0 Å². The summed E-state index contributed by atoms with van der Waals surface area (Å²) in [5.74, 6) is 0.782. The van der Waals surface area contributed by atoms with Gasteiger partial charge in [-0.25, -0.2) is 4.98 Å². The zero-order valence-electron chi connectivity index (χ0n) is 9.26. The van der Waals surface area contributed by atoms with Gasteiger partial charge >= 0.3 is 0 Å². The molecule has 84 valence electrons. The minimum atomic E-state index is 0.605. The van der Waals surface area contributed by atoms with Gasteiger partial charge in [-0.2, -0.15) is 5.26 Å². The zero-order chi connectivity index (χ0) is 12.3. The second-order valence-corrected chi connectivity index (χ2v) is 3.99. The average molecular weight is 244 g/mol. The Morgan fingerprint density at radius 1 is 1.29 bits per heavy atom. The fourth-order valence-electron chi connectivity index (χ4n) is 1.48. The molecule has 3 nitrogen and oxygen atoms in total. The Morgan fingerprint density at radius 2 is 2.12 bits per heavy atom. The molecule has 0 spiro atoms. The van der Waals surface area contributed by atoms with E-state index in [9.17, 15) is 0 Å². The second-order valence-electron chi connectivity index (χ2n) is 3.56. The van der Waals surface area contributed by atoms with Gasteiger partial charge in [0.15, 0.2) is 0 Å². The lowest BCUT2D eigenvalue weighted by Gasteiger charge is -2.18. The van der Waals surface area contributed by atoms with Gasteiger partial charge in [0.25, 0.3) is 0 Å². The summed E-state index contributed by atoms with van der Waals surface area (Å²) in [7, 11) is 1.90. The molecule has 0 N–H and O–H groups in total. The van der Waals surface area contributed by atoms with E-state index in [0.29, 0.717) is 10.6 Å². The number of halogens is 1. The summed E-state index contributed by atoms with van der Waals surface area (Å²) < 4.78 is 0. The highest BCUT2D eigenvalue weighted by Gasteiger charge is 2.05. The van der Waals surface area contributed by atoms with Crippen LogP contribution < -0.4 is 4.90 Å². The van der Waals surface area contributed by atoms with E-state index in [4.69, 9.17) is 16.9 Å². The Bertz CT molecular complexity index is 558. The van der Waals surface area contributed by atoms with Gasteiger partial charge in [0.05, 0.1) is 16.7 Å². The summed E-state index contributed by atoms with van der Waals surface area (Å²) in [6.07, 6.45) is 1.60. The predicted octanol–water partition coefficient (Wildman–Crippen LogP) is 3.37. The first kappa shape index (κ1) is 11.4. The lowest BCUT2D eigenvalue weighted by molar-refractivity contribution is 1.13. The van der Waals surface area contributed by atoms with Crippen LogP contribution in [0.25, 0.3) is 0 Å². The van der Waals surface area contributed by atoms with Crippen molar-refractivity contribution in [2.24, 2.45) is 0 Å². The molecule has 0 fully saturated rings. The monoisotopic (exact) mass is 243 g/mol. The number of nitrogens with zero attached hydrogens (tertiary/aromatic N) is 3. The quantitative estimate of drug-likeness (QED) is 0.812. The normalized spacial score (nSPS) is 9.71. The van der Waals surface area contributed by atoms with Crippen molar-refractivity contribution in [3.63, 3.8) is 0 Å². The first-order valence-corrected chi connectivity index (χ1v) is 5.44. The molecule has 0 saturated heterocycles. The SMILES string of the molecule is CN(c1cccc(C#N)c1)c1ccc(Cl)cn1. The average Bonchev–Trinajstić information content (AvgIpc) is 2.39. The highest BCUT2D eigenvalue weighted by Crippen LogP contribution is 2.23. The molecular formula is C13H10ClN3. The second kappa shape index (κ2) is 4.86. The molecule has 0 amide bonds. The van der Waals surface area contributed by atoms with Crippen molar-refractivity contribution in [1.82, 2.24) is 4.98 Å². The van der Waals surface area contributed by atoms with Crippen LogP contribution in [-0.2, 0) is 0 Å². The van der Waals surface area contributed by atoms with Crippen molar-refractivity contribution in [2.75, 3.05) is 11.9 Å². The maximum Gasteiger partial charge on any atom is 0.132 e. The van der Waals surface area contributed by atoms with E-state index < -0.39 is 0 Å². The molecule has 1 aromatic heterocycles. The van der Waals surface area contributed by atoms with Gasteiger partial charge in [-0.05, 0) is 30.3 Å². The Hall–Kier alpha value is -2.05. The molecule has 1 aromatic carbocycles. The van der Waals surface area contributed by atoms with Crippen LogP contribution in [0.3, 0.4) is 0 Å². The molecule has 0 aliphatic rings. The van der Waals surface area contributed by atoms with Crippen molar-refractivity contribution in [1.29, 1.82) is 5.26 Å². The van der Waals surface area contributed by atoms with Crippen LogP contribution in [0.2, 0.25) is 5.02 Å². The smallest absolute Gasteiger partial charge is 0.132 e. The van der Waals surface area contributed by atoms with Crippen molar-refractivity contribution in [2.45, 2.75) is 0 Å². The number of aromatic nitrogens is 1. The van der Waals surface area contributed by atoms with Crippen molar-refractivity contribution in [3.05, 3.63) is 53.2 Å². The maximum atomic E-state index is 8.85. The predicted molar refractivity (Wildman–Crippen MR) is 68.5 cm³/mol. The number of hydrogen-bond acceptors (Lipinski definition) is 3. The van der Waals surface area contributed by atoms with Gasteiger partial charge in [0.1, 0.15) is 5.82 Å². The van der Waals surface area contributed by atoms with Crippen LogP contribution in [-0.4, -0.2) is 12.0 Å². The third kappa shape index (κ3) is 2.55. The van der Waals surface area contributed by atoms with E-state index in [0.717, 1.165) is 11.5 Å². The Kier molecular flexibility index (Phi) is 3.27. The summed E-state index contributed by atoms with van der Waals surface area (Å²) in [4.78, 5) is 6.12. The molecule has 4 heteroatoms. The van der Waals surface area contributed by atoms with E-state index in [2.05, 4.69) is 11.1 Å². The van der Waals surface area contributed by atoms with Gasteiger partial charge in [-0.15, -0.1) is 0 Å². The molecule has 0 bridgehead atoms. The number of hydrogen-bond donors (Lipinski definition) is 0. The van der Waals surface area contributed by atoms with Gasteiger partial charge in [0.2, 0.25) is 0 Å². The van der Waals surface area contributed by atoms with Gasteiger partial charge in [-0.1, -0.05) is 17.7 Å². The topological polar surface area (TPSA) is 39.9 Å². The number of nitriles is 1. The molecule has 0 saturated carbocycles. The maximum absolute atomic E-state index is 8.85. The number of rotatable bonds is 2. The standard InChI is InChI=1S/C13H10ClN3/c1-17(13-6-5-11(14)9-16-13)12-4-2-3-10(7-12)8-15/h2-7,9H,1H3. The molecule has 0 aliphatic carbocycles. The molecule has 0 atom stereocenters. The van der Waals surface area contributed by atoms with Crippen molar-refractivity contribution < 1.29 is 0 Å². The Labute approximate surface area is 105 Å². The van der Waals surface area contributed by atoms with Crippen LogP contribution in [0.1, 0.15) is 5.56 Å². The third-order valence-electron chi connectivity index (χ3n) is 2.42. The molecule has 17 heavy (non-hydrogen) atoms. The minimum absolute atomic E-state index is 0.605. The molecule has 1 heterocycles. The molecule has 2 rings (SSSR count). The van der Waals surface area contributed by atoms with E-state index in [1.807, 2.05) is 36.2 Å². The Morgan fingerprint density at radius 3 is 2.76 bits per heavy atom. The number of anilines is 2. The lowest BCUT2D eigenvalue weighted by Crippen LogP contribution is -2.10. The van der Waals surface area contributed by atoms with Crippen molar-refractivity contribution in [3.8, 4) is 6.07 Å². The summed E-state index contributed by atoms with van der Waals surface area (Å²) in [5, 5.41) is 9.45. The summed E-state index contributed by atoms with van der Waals surface area (Å²) in [6, 6.07) is 13.1. The van der Waals surface area contributed by atoms with Crippen LogP contribution >= 0.6 is 11.6 Å². The minimum Gasteiger partial charge on any atom is -0.329 e. The third-order valence-corrected chi connectivity index (χ3v) is 2.64. The van der Waals surface area contributed by atoms with Gasteiger partial charge < -0.3 is 4.90 Å². The van der Waals surface area contributed by atoms with E-state index in [-0.39, 0.29) is 0 Å². The highest BCUT2D eigenvalue weighted by atomic mass is 35.5. The first-order valence-electron chi connectivity index (χ1n) is 5.06. The summed E-state index contributed by atoms with van der Waals surface area (Å²) >= 11 is 5.79. The molecule has 0 aliphatic heterocycles. The zero-order valence-corrected chi connectivity index (χ0v) is 10.0. The molecule has 0 unspecified atom stereocenters. The molecular weight excluding hydrogens is 234 g/mol. The fraction of sp³-hybridized carbons (Fsp3) is 0.0769. The van der Waals surface area contributed by atoms with Crippen LogP contribution in [0, 0.1) is 11.3 Å². The lowest BCUT2D eigenvalue weighted by atomic mass is 10.2. The largest absolute Gasteiger partial charge is 0.329 e. The fourth-order valence-corrected chi connectivity index (χ4v) is 1.59. The Balaban J connectivity index is 2.33. The number of benzene rings is 1. The van der Waals surface area contributed by atoms with Crippen LogP contribution in [0.5, 0.6) is 0 Å². The van der Waals surface area contributed by atoms with Crippen molar-refractivity contribution >= 4 is 23.1 Å². The molecule has 0 radical (unpaired) electrons. The summed E-state index contributed by atoms with van der Waals surface area (Å²) in [5.41, 5.74) is 1.54. The van der Waals surface area contributed by atoms with Gasteiger partial charge in [0, 0.05) is 18.9 Å². The first-order chi connectivity index (χ1) is 8.20. The van der Waals surface area contributed by atoms with E-state index >= 15 is 0 Å².